The minimum absolute atomic E-state index is 0.0418. The van der Waals surface area contributed by atoms with Crippen LogP contribution in [-0.4, -0.2) is 41.1 Å². The molecule has 0 atom stereocenters. The molecule has 0 saturated carbocycles. The van der Waals surface area contributed by atoms with E-state index < -0.39 is 0 Å². The van der Waals surface area contributed by atoms with Gasteiger partial charge in [-0.3, -0.25) is 0 Å². The van der Waals surface area contributed by atoms with E-state index >= 15 is 0 Å². The normalized spacial score (nSPS) is 19.5. The van der Waals surface area contributed by atoms with Gasteiger partial charge in [-0.2, -0.15) is 0 Å². The predicted molar refractivity (Wildman–Crippen MR) is 120 cm³/mol. The van der Waals surface area contributed by atoms with Crippen molar-refractivity contribution in [2.45, 2.75) is 78.4 Å². The van der Waals surface area contributed by atoms with Crippen LogP contribution in [0.5, 0.6) is 5.75 Å². The number of benzene rings is 1. The van der Waals surface area contributed by atoms with Crippen molar-refractivity contribution in [1.29, 1.82) is 0 Å². The fourth-order valence-electron chi connectivity index (χ4n) is 5.05. The van der Waals surface area contributed by atoms with Crippen molar-refractivity contribution >= 4 is 22.7 Å². The van der Waals surface area contributed by atoms with Crippen LogP contribution in [0.3, 0.4) is 0 Å². The average Bonchev–Trinajstić information content (AvgIpc) is 3.13. The first-order chi connectivity index (χ1) is 13.9. The number of nitrogens with zero attached hydrogens (tertiary/aromatic N) is 4. The lowest BCUT2D eigenvalue weighted by Crippen LogP contribution is -2.58. The van der Waals surface area contributed by atoms with Gasteiger partial charge in [-0.15, -0.1) is 5.10 Å². The van der Waals surface area contributed by atoms with E-state index in [4.69, 9.17) is 0 Å². The Balaban J connectivity index is 1.67. The number of aromatic amines is 1. The Bertz CT molecular complexity index is 1120. The van der Waals surface area contributed by atoms with Crippen molar-refractivity contribution in [2.24, 2.45) is 0 Å². The monoisotopic (exact) mass is 408 g/mol. The molecule has 7 heteroatoms. The van der Waals surface area contributed by atoms with Crippen molar-refractivity contribution in [1.82, 2.24) is 30.3 Å². The molecule has 3 N–H and O–H groups in total. The van der Waals surface area contributed by atoms with Gasteiger partial charge in [-0.1, -0.05) is 5.21 Å². The van der Waals surface area contributed by atoms with E-state index in [0.29, 0.717) is 6.04 Å². The summed E-state index contributed by atoms with van der Waals surface area (Å²) in [5.74, 6) is 1.05. The van der Waals surface area contributed by atoms with Crippen LogP contribution in [0.2, 0.25) is 0 Å². The zero-order chi connectivity index (χ0) is 21.8. The van der Waals surface area contributed by atoms with Crippen LogP contribution in [-0.2, 0) is 0 Å². The summed E-state index contributed by atoms with van der Waals surface area (Å²) in [6, 6.07) is 3.94. The molecular weight excluding hydrogens is 376 g/mol. The molecule has 1 aliphatic heterocycles. The summed E-state index contributed by atoms with van der Waals surface area (Å²) < 4.78 is 2.07. The minimum atomic E-state index is 0.0418. The van der Waals surface area contributed by atoms with E-state index in [1.54, 1.807) is 6.07 Å². The average molecular weight is 409 g/mol. The number of fused-ring (bicyclic) bond motifs is 1. The Morgan fingerprint density at radius 1 is 1.17 bits per heavy atom. The van der Waals surface area contributed by atoms with Gasteiger partial charge in [0, 0.05) is 22.7 Å². The van der Waals surface area contributed by atoms with Crippen LogP contribution in [0, 0.1) is 13.8 Å². The second kappa shape index (κ2) is 6.94. The summed E-state index contributed by atoms with van der Waals surface area (Å²) in [5, 5.41) is 23.2. The summed E-state index contributed by atoms with van der Waals surface area (Å²) in [6.45, 7) is 14.9. The second-order valence-corrected chi connectivity index (χ2v) is 10.00. The molecule has 0 radical (unpaired) electrons. The molecule has 30 heavy (non-hydrogen) atoms. The Morgan fingerprint density at radius 2 is 1.83 bits per heavy atom. The van der Waals surface area contributed by atoms with E-state index in [2.05, 4.69) is 64.9 Å². The number of imidazole rings is 1. The first kappa shape index (κ1) is 20.6. The third-order valence-corrected chi connectivity index (χ3v) is 5.97. The van der Waals surface area contributed by atoms with Gasteiger partial charge in [-0.25, -0.2) is 9.67 Å². The van der Waals surface area contributed by atoms with E-state index in [-0.39, 0.29) is 16.8 Å². The molecule has 3 heterocycles. The summed E-state index contributed by atoms with van der Waals surface area (Å²) in [4.78, 5) is 7.62. The van der Waals surface area contributed by atoms with Gasteiger partial charge < -0.3 is 15.4 Å². The van der Waals surface area contributed by atoms with Gasteiger partial charge >= 0.3 is 0 Å². The topological polar surface area (TPSA) is 91.7 Å². The largest absolute Gasteiger partial charge is 0.507 e. The number of aromatic nitrogens is 5. The molecule has 1 aliphatic rings. The van der Waals surface area contributed by atoms with Gasteiger partial charge in [0.25, 0.3) is 0 Å². The molecule has 0 spiro atoms. The molecule has 4 rings (SSSR count). The number of aryl methyl sites for hydroxylation is 1. The summed E-state index contributed by atoms with van der Waals surface area (Å²) >= 11 is 0. The predicted octanol–water partition coefficient (Wildman–Crippen LogP) is 4.52. The summed E-state index contributed by atoms with van der Waals surface area (Å²) in [6.07, 6.45) is 4.00. The number of H-pyrrole nitrogens is 1. The first-order valence-corrected chi connectivity index (χ1v) is 10.5. The Kier molecular flexibility index (Phi) is 4.77. The van der Waals surface area contributed by atoms with Gasteiger partial charge in [0.15, 0.2) is 0 Å². The van der Waals surface area contributed by atoms with E-state index in [0.717, 1.165) is 52.2 Å². The maximum Gasteiger partial charge on any atom is 0.125 e. The first-order valence-electron chi connectivity index (χ1n) is 10.5. The van der Waals surface area contributed by atoms with Crippen LogP contribution in [0.25, 0.3) is 22.7 Å². The van der Waals surface area contributed by atoms with Crippen LogP contribution < -0.4 is 5.32 Å². The molecule has 2 aromatic heterocycles. The SMILES string of the molecule is C/C(=C\c1nnn(C2CC(C)(C)NC(C)(C)C2)c1C)c1cc2[nH]c(C)nc2cc1O. The van der Waals surface area contributed by atoms with Crippen LogP contribution in [0.4, 0.5) is 0 Å². The lowest BCUT2D eigenvalue weighted by atomic mass is 9.79. The number of phenols is 1. The van der Waals surface area contributed by atoms with Gasteiger partial charge in [0.1, 0.15) is 17.3 Å². The molecule has 1 fully saturated rings. The van der Waals surface area contributed by atoms with E-state index in [1.807, 2.05) is 26.0 Å². The molecule has 1 aromatic carbocycles. The highest BCUT2D eigenvalue weighted by molar-refractivity contribution is 5.88. The molecule has 160 valence electrons. The Labute approximate surface area is 177 Å². The molecule has 0 bridgehead atoms. The lowest BCUT2D eigenvalue weighted by molar-refractivity contribution is 0.124. The minimum Gasteiger partial charge on any atom is -0.507 e. The number of aromatic hydroxyl groups is 1. The molecule has 3 aromatic rings. The molecule has 0 unspecified atom stereocenters. The smallest absolute Gasteiger partial charge is 0.125 e. The third kappa shape index (κ3) is 3.86. The van der Waals surface area contributed by atoms with Crippen molar-refractivity contribution in [3.8, 4) is 5.75 Å². The molecule has 0 aliphatic carbocycles. The number of rotatable bonds is 3. The maximum atomic E-state index is 10.5. The Morgan fingerprint density at radius 3 is 2.50 bits per heavy atom. The van der Waals surface area contributed by atoms with Crippen molar-refractivity contribution in [3.05, 3.63) is 34.9 Å². The van der Waals surface area contributed by atoms with Crippen molar-refractivity contribution in [3.63, 3.8) is 0 Å². The Hall–Kier alpha value is -2.67. The van der Waals surface area contributed by atoms with Crippen LogP contribution >= 0.6 is 0 Å². The zero-order valence-electron chi connectivity index (χ0n) is 19.0. The number of piperidine rings is 1. The molecule has 0 amide bonds. The number of hydrogen-bond donors (Lipinski definition) is 3. The summed E-state index contributed by atoms with van der Waals surface area (Å²) in [7, 11) is 0. The quantitative estimate of drug-likeness (QED) is 0.593. The molecular formula is C23H32N6O. The van der Waals surface area contributed by atoms with Gasteiger partial charge in [-0.05, 0) is 79.0 Å². The fourth-order valence-corrected chi connectivity index (χ4v) is 5.05. The standard InChI is InChI=1S/C23H32N6O/c1-13(17-9-19-20(10-21(17)30)25-15(3)24-19)8-18-14(2)29(28-26-18)16-11-22(4,5)27-23(6,7)12-16/h8-10,16,27,30H,11-12H2,1-7H3,(H,24,25)/b13-8+. The van der Waals surface area contributed by atoms with Crippen molar-refractivity contribution < 1.29 is 5.11 Å². The lowest BCUT2D eigenvalue weighted by Gasteiger charge is -2.46. The highest BCUT2D eigenvalue weighted by Crippen LogP contribution is 2.37. The van der Waals surface area contributed by atoms with Gasteiger partial charge in [0.05, 0.1) is 22.8 Å². The zero-order valence-corrected chi connectivity index (χ0v) is 19.0. The fraction of sp³-hybridized carbons (Fsp3) is 0.522. The number of phenolic OH excluding ortho intramolecular Hbond substituents is 1. The molecule has 7 nitrogen and oxygen atoms in total. The van der Waals surface area contributed by atoms with E-state index in [1.165, 1.54) is 0 Å². The number of allylic oxidation sites excluding steroid dienone is 1. The van der Waals surface area contributed by atoms with Gasteiger partial charge in [0.2, 0.25) is 0 Å². The number of hydrogen-bond acceptors (Lipinski definition) is 5. The van der Waals surface area contributed by atoms with Crippen LogP contribution in [0.1, 0.15) is 76.3 Å². The second-order valence-electron chi connectivity index (χ2n) is 10.00. The number of nitrogens with one attached hydrogen (secondary N) is 2. The third-order valence-electron chi connectivity index (χ3n) is 5.97. The van der Waals surface area contributed by atoms with Crippen LogP contribution in [0.15, 0.2) is 12.1 Å². The highest BCUT2D eigenvalue weighted by Gasteiger charge is 2.39. The maximum absolute atomic E-state index is 10.5. The van der Waals surface area contributed by atoms with Crippen molar-refractivity contribution in [2.75, 3.05) is 0 Å². The molecule has 1 saturated heterocycles. The summed E-state index contributed by atoms with van der Waals surface area (Å²) in [5.41, 5.74) is 5.34. The highest BCUT2D eigenvalue weighted by atomic mass is 16.3. The van der Waals surface area contributed by atoms with E-state index in [9.17, 15) is 5.11 Å².